The standard InChI is InChI=1S/C17H36N4OS/c1-6-21(7-2)14(4)13-19-17(18-5)20-15-10-9-11-16(12-15)23(22)8-3/h14-16H,6-13H2,1-5H3,(H2,18,19,20). The number of likely N-dealkylation sites (N-methyl/N-ethyl adjacent to an activating group) is 1. The Bertz CT molecular complexity index is 385. The van der Waals surface area contributed by atoms with E-state index < -0.39 is 10.8 Å². The van der Waals surface area contributed by atoms with Gasteiger partial charge in [0.25, 0.3) is 0 Å². The second-order valence-electron chi connectivity index (χ2n) is 6.32. The lowest BCUT2D eigenvalue weighted by Gasteiger charge is -2.31. The van der Waals surface area contributed by atoms with Gasteiger partial charge in [-0.2, -0.15) is 0 Å². The second-order valence-corrected chi connectivity index (χ2v) is 8.33. The number of nitrogens with zero attached hydrogens (tertiary/aromatic N) is 2. The molecule has 0 aliphatic heterocycles. The molecule has 0 amide bonds. The van der Waals surface area contributed by atoms with Gasteiger partial charge in [-0.3, -0.25) is 14.1 Å². The molecular formula is C17H36N4OS. The van der Waals surface area contributed by atoms with Crippen LogP contribution in [-0.2, 0) is 10.8 Å². The van der Waals surface area contributed by atoms with Crippen LogP contribution in [0.5, 0.6) is 0 Å². The Labute approximate surface area is 145 Å². The summed E-state index contributed by atoms with van der Waals surface area (Å²) in [5.41, 5.74) is 0. The van der Waals surface area contributed by atoms with Crippen LogP contribution in [0, 0.1) is 0 Å². The minimum atomic E-state index is -0.678. The molecule has 136 valence electrons. The maximum Gasteiger partial charge on any atom is 0.191 e. The summed E-state index contributed by atoms with van der Waals surface area (Å²) in [6.07, 6.45) is 4.39. The van der Waals surface area contributed by atoms with Crippen LogP contribution in [0.4, 0.5) is 0 Å². The third kappa shape index (κ3) is 6.79. The molecule has 0 aromatic rings. The zero-order chi connectivity index (χ0) is 17.2. The van der Waals surface area contributed by atoms with Gasteiger partial charge in [0, 0.05) is 47.5 Å². The summed E-state index contributed by atoms with van der Waals surface area (Å²) < 4.78 is 12.1. The van der Waals surface area contributed by atoms with Gasteiger partial charge >= 0.3 is 0 Å². The molecule has 0 radical (unpaired) electrons. The van der Waals surface area contributed by atoms with Crippen molar-refractivity contribution in [3.8, 4) is 0 Å². The van der Waals surface area contributed by atoms with Gasteiger partial charge in [-0.05, 0) is 39.3 Å². The van der Waals surface area contributed by atoms with Crippen LogP contribution < -0.4 is 10.6 Å². The van der Waals surface area contributed by atoms with E-state index in [0.717, 1.165) is 57.0 Å². The van der Waals surface area contributed by atoms with E-state index in [1.165, 1.54) is 0 Å². The lowest BCUT2D eigenvalue weighted by molar-refractivity contribution is 0.231. The first-order chi connectivity index (χ1) is 11.0. The van der Waals surface area contributed by atoms with Gasteiger partial charge in [-0.25, -0.2) is 0 Å². The van der Waals surface area contributed by atoms with Gasteiger partial charge in [0.15, 0.2) is 5.96 Å². The quantitative estimate of drug-likeness (QED) is 0.522. The molecular weight excluding hydrogens is 308 g/mol. The Morgan fingerprint density at radius 1 is 1.30 bits per heavy atom. The van der Waals surface area contributed by atoms with Crippen molar-refractivity contribution in [2.75, 3.05) is 32.4 Å². The van der Waals surface area contributed by atoms with Crippen LogP contribution in [0.2, 0.25) is 0 Å². The first-order valence-corrected chi connectivity index (χ1v) is 10.5. The summed E-state index contributed by atoms with van der Waals surface area (Å²) in [5.74, 6) is 1.64. The molecule has 2 N–H and O–H groups in total. The van der Waals surface area contributed by atoms with Gasteiger partial charge in [-0.15, -0.1) is 0 Å². The SMILES string of the molecule is CCN(CC)C(C)CNC(=NC)NC1CCCC(S(=O)CC)C1. The number of nitrogens with one attached hydrogen (secondary N) is 2. The first-order valence-electron chi connectivity index (χ1n) is 9.13. The summed E-state index contributed by atoms with van der Waals surface area (Å²) in [6.45, 7) is 11.7. The van der Waals surface area contributed by atoms with Crippen LogP contribution in [0.25, 0.3) is 0 Å². The zero-order valence-corrected chi connectivity index (χ0v) is 16.4. The van der Waals surface area contributed by atoms with Gasteiger partial charge in [-0.1, -0.05) is 27.2 Å². The third-order valence-corrected chi connectivity index (χ3v) is 6.59. The highest BCUT2D eigenvalue weighted by molar-refractivity contribution is 7.85. The Balaban J connectivity index is 2.45. The van der Waals surface area contributed by atoms with E-state index in [-0.39, 0.29) is 0 Å². The monoisotopic (exact) mass is 344 g/mol. The Hall–Kier alpha value is -0.620. The summed E-state index contributed by atoms with van der Waals surface area (Å²) in [5, 5.41) is 7.32. The fourth-order valence-electron chi connectivity index (χ4n) is 3.36. The van der Waals surface area contributed by atoms with E-state index in [0.29, 0.717) is 17.3 Å². The van der Waals surface area contributed by atoms with Gasteiger partial charge in [0.1, 0.15) is 0 Å². The molecule has 0 aromatic carbocycles. The Kier molecular flexibility index (Phi) is 9.79. The van der Waals surface area contributed by atoms with Crippen LogP contribution in [-0.4, -0.2) is 64.8 Å². The maximum atomic E-state index is 12.1. The molecule has 1 aliphatic rings. The number of rotatable bonds is 8. The normalized spacial score (nSPS) is 25.2. The van der Waals surface area contributed by atoms with E-state index >= 15 is 0 Å². The highest BCUT2D eigenvalue weighted by Crippen LogP contribution is 2.22. The topological polar surface area (TPSA) is 56.7 Å². The molecule has 6 heteroatoms. The van der Waals surface area contributed by atoms with Crippen LogP contribution in [0.15, 0.2) is 4.99 Å². The van der Waals surface area contributed by atoms with E-state index in [2.05, 4.69) is 41.3 Å². The number of aliphatic imine (C=N–C) groups is 1. The van der Waals surface area contributed by atoms with Crippen molar-refractivity contribution in [3.05, 3.63) is 0 Å². The van der Waals surface area contributed by atoms with Gasteiger partial charge in [0.2, 0.25) is 0 Å². The molecule has 0 aromatic heterocycles. The van der Waals surface area contributed by atoms with Crippen molar-refractivity contribution < 1.29 is 4.21 Å². The van der Waals surface area contributed by atoms with Gasteiger partial charge < -0.3 is 10.6 Å². The fourth-order valence-corrected chi connectivity index (χ4v) is 4.71. The van der Waals surface area contributed by atoms with E-state index in [1.54, 1.807) is 0 Å². The molecule has 0 saturated heterocycles. The molecule has 5 nitrogen and oxygen atoms in total. The summed E-state index contributed by atoms with van der Waals surface area (Å²) >= 11 is 0. The predicted octanol–water partition coefficient (Wildman–Crippen LogP) is 1.96. The molecule has 1 aliphatic carbocycles. The van der Waals surface area contributed by atoms with Crippen LogP contribution in [0.3, 0.4) is 0 Å². The lowest BCUT2D eigenvalue weighted by atomic mass is 9.95. The molecule has 0 bridgehead atoms. The largest absolute Gasteiger partial charge is 0.355 e. The Morgan fingerprint density at radius 3 is 2.57 bits per heavy atom. The third-order valence-electron chi connectivity index (χ3n) is 4.85. The summed E-state index contributed by atoms with van der Waals surface area (Å²) in [7, 11) is 1.14. The molecule has 1 saturated carbocycles. The van der Waals surface area contributed by atoms with Crippen LogP contribution in [0.1, 0.15) is 53.4 Å². The molecule has 1 rings (SSSR count). The van der Waals surface area contributed by atoms with Crippen molar-refractivity contribution in [1.29, 1.82) is 0 Å². The molecule has 4 atom stereocenters. The minimum Gasteiger partial charge on any atom is -0.355 e. The smallest absolute Gasteiger partial charge is 0.191 e. The zero-order valence-electron chi connectivity index (χ0n) is 15.6. The number of hydrogen-bond acceptors (Lipinski definition) is 3. The summed E-state index contributed by atoms with van der Waals surface area (Å²) in [6, 6.07) is 0.870. The fraction of sp³-hybridized carbons (Fsp3) is 0.941. The van der Waals surface area contributed by atoms with Crippen molar-refractivity contribution in [3.63, 3.8) is 0 Å². The van der Waals surface area contributed by atoms with Crippen molar-refractivity contribution in [1.82, 2.24) is 15.5 Å². The van der Waals surface area contributed by atoms with E-state index in [9.17, 15) is 4.21 Å². The average molecular weight is 345 g/mol. The number of hydrogen-bond donors (Lipinski definition) is 2. The van der Waals surface area contributed by atoms with Crippen molar-refractivity contribution in [2.24, 2.45) is 4.99 Å². The van der Waals surface area contributed by atoms with E-state index in [4.69, 9.17) is 0 Å². The molecule has 1 fully saturated rings. The first kappa shape index (κ1) is 20.4. The van der Waals surface area contributed by atoms with Crippen molar-refractivity contribution >= 4 is 16.8 Å². The second kappa shape index (κ2) is 11.0. The van der Waals surface area contributed by atoms with E-state index in [1.807, 2.05) is 14.0 Å². The molecule has 0 heterocycles. The molecule has 4 unspecified atom stereocenters. The number of guanidine groups is 1. The summed E-state index contributed by atoms with van der Waals surface area (Å²) in [4.78, 5) is 6.79. The highest BCUT2D eigenvalue weighted by atomic mass is 32.2. The highest BCUT2D eigenvalue weighted by Gasteiger charge is 2.26. The average Bonchev–Trinajstić information content (AvgIpc) is 2.59. The predicted molar refractivity (Wildman–Crippen MR) is 102 cm³/mol. The Morgan fingerprint density at radius 2 is 2.00 bits per heavy atom. The maximum absolute atomic E-state index is 12.1. The minimum absolute atomic E-state index is 0.346. The van der Waals surface area contributed by atoms with Crippen LogP contribution >= 0.6 is 0 Å². The molecule has 23 heavy (non-hydrogen) atoms. The van der Waals surface area contributed by atoms with Crippen molar-refractivity contribution in [2.45, 2.75) is 70.7 Å². The molecule has 0 spiro atoms. The van der Waals surface area contributed by atoms with Gasteiger partial charge in [0.05, 0.1) is 0 Å². The lowest BCUT2D eigenvalue weighted by Crippen LogP contribution is -2.50.